The van der Waals surface area contributed by atoms with Gasteiger partial charge in [-0.05, 0) is 23.2 Å². The van der Waals surface area contributed by atoms with Crippen molar-refractivity contribution in [1.29, 1.82) is 5.26 Å². The van der Waals surface area contributed by atoms with Crippen LogP contribution in [0.1, 0.15) is 41.5 Å². The second-order valence-electron chi connectivity index (χ2n) is 9.42. The minimum atomic E-state index is -1.93. The lowest BCUT2D eigenvalue weighted by Gasteiger charge is -2.38. The normalized spacial score (nSPS) is 25.4. The highest BCUT2D eigenvalue weighted by Crippen LogP contribution is 2.48. The van der Waals surface area contributed by atoms with E-state index >= 15 is 0 Å². The molecule has 3 atom stereocenters. The Morgan fingerprint density at radius 2 is 1.48 bits per heavy atom. The molecule has 0 saturated carbocycles. The van der Waals surface area contributed by atoms with E-state index in [9.17, 15) is 5.26 Å². The molecule has 1 aliphatic rings. The molecule has 0 aromatic heterocycles. The molecule has 0 aromatic carbocycles. The number of nitrogens with zero attached hydrogens (tertiary/aromatic N) is 1. The van der Waals surface area contributed by atoms with Gasteiger partial charge >= 0.3 is 0 Å². The highest BCUT2D eigenvalue weighted by Gasteiger charge is 2.59. The van der Waals surface area contributed by atoms with Crippen LogP contribution in [-0.2, 0) is 9.16 Å². The van der Waals surface area contributed by atoms with Crippen molar-refractivity contribution >= 4 is 16.4 Å². The molecule has 3 nitrogen and oxygen atoms in total. The summed E-state index contributed by atoms with van der Waals surface area (Å²) in [7, 11) is -3.51. The van der Waals surface area contributed by atoms with Gasteiger partial charge in [0, 0.05) is 0 Å². The average Bonchev–Trinajstić information content (AvgIpc) is 3.02. The van der Waals surface area contributed by atoms with Crippen LogP contribution in [0.15, 0.2) is 0 Å². The first-order chi connectivity index (χ1) is 9.15. The fourth-order valence-electron chi connectivity index (χ4n) is 2.02. The first kappa shape index (κ1) is 18.9. The molecular weight excluding hydrogens is 294 g/mol. The highest BCUT2D eigenvalue weighted by molar-refractivity contribution is 6.82. The molecule has 0 aliphatic carbocycles. The van der Waals surface area contributed by atoms with Crippen molar-refractivity contribution in [3.05, 3.63) is 0 Å². The van der Waals surface area contributed by atoms with E-state index in [0.29, 0.717) is 0 Å². The zero-order valence-electron chi connectivity index (χ0n) is 15.5. The zero-order valence-corrected chi connectivity index (χ0v) is 17.5. The summed E-state index contributed by atoms with van der Waals surface area (Å²) in [6, 6.07) is 2.36. The first-order valence-electron chi connectivity index (χ1n) is 7.88. The van der Waals surface area contributed by atoms with Crippen LogP contribution < -0.4 is 0 Å². The predicted molar refractivity (Wildman–Crippen MR) is 93.5 cm³/mol. The Morgan fingerprint density at radius 1 is 1.00 bits per heavy atom. The Morgan fingerprint density at radius 3 is 1.81 bits per heavy atom. The van der Waals surface area contributed by atoms with E-state index in [4.69, 9.17) is 9.16 Å². The Kier molecular flexibility index (Phi) is 4.93. The molecule has 21 heavy (non-hydrogen) atoms. The zero-order chi connectivity index (χ0) is 16.9. The van der Waals surface area contributed by atoms with Gasteiger partial charge in [0.15, 0.2) is 14.4 Å². The molecule has 0 spiro atoms. The fraction of sp³-hybridized carbons (Fsp3) is 0.938. The standard InChI is InChI=1S/C16H33NO2Si2/c1-15(2,3)20(7,8)14-13(18-14)12(11-17)19-21(9,10)16(4,5)6/h12-14H,1-10H3/t12-,13-,14+/m1/s1. The minimum absolute atomic E-state index is 0.0231. The Bertz CT molecular complexity index is 427. The van der Waals surface area contributed by atoms with Crippen molar-refractivity contribution in [2.45, 2.75) is 95.7 Å². The molecule has 1 heterocycles. The van der Waals surface area contributed by atoms with Crippen LogP contribution in [0.5, 0.6) is 0 Å². The van der Waals surface area contributed by atoms with E-state index in [1.807, 2.05) is 0 Å². The topological polar surface area (TPSA) is 45.5 Å². The predicted octanol–water partition coefficient (Wildman–Crippen LogP) is 4.72. The molecule has 1 rings (SSSR count). The van der Waals surface area contributed by atoms with Crippen LogP contribution in [0, 0.1) is 11.3 Å². The van der Waals surface area contributed by atoms with E-state index in [1.165, 1.54) is 0 Å². The van der Waals surface area contributed by atoms with Gasteiger partial charge in [-0.1, -0.05) is 54.6 Å². The number of rotatable bonds is 4. The van der Waals surface area contributed by atoms with Gasteiger partial charge in [-0.15, -0.1) is 0 Å². The molecule has 0 bridgehead atoms. The van der Waals surface area contributed by atoms with Gasteiger partial charge in [0.2, 0.25) is 0 Å². The summed E-state index contributed by atoms with van der Waals surface area (Å²) in [5, 5.41) is 9.92. The van der Waals surface area contributed by atoms with Gasteiger partial charge in [-0.25, -0.2) is 0 Å². The average molecular weight is 328 g/mol. The molecule has 0 radical (unpaired) electrons. The number of hydrogen-bond donors (Lipinski definition) is 0. The van der Waals surface area contributed by atoms with E-state index < -0.39 is 22.5 Å². The van der Waals surface area contributed by atoms with Crippen molar-refractivity contribution in [2.24, 2.45) is 0 Å². The Balaban J connectivity index is 2.82. The lowest BCUT2D eigenvalue weighted by atomic mass is 10.2. The van der Waals surface area contributed by atoms with Crippen molar-refractivity contribution in [3.8, 4) is 6.07 Å². The van der Waals surface area contributed by atoms with Gasteiger partial charge in [-0.3, -0.25) is 0 Å². The van der Waals surface area contributed by atoms with Crippen LogP contribution in [0.4, 0.5) is 0 Å². The summed E-state index contributed by atoms with van der Waals surface area (Å²) < 4.78 is 12.2. The molecule has 0 aromatic rings. The van der Waals surface area contributed by atoms with Gasteiger partial charge in [0.1, 0.15) is 6.10 Å². The molecular formula is C16H33NO2Si2. The summed E-state index contributed by atoms with van der Waals surface area (Å²) in [4.78, 5) is 0. The maximum Gasteiger partial charge on any atom is 0.193 e. The first-order valence-corrected chi connectivity index (χ1v) is 13.9. The summed E-state index contributed by atoms with van der Waals surface area (Å²) in [5.74, 6) is 0. The molecule has 0 N–H and O–H groups in total. The molecule has 122 valence electrons. The monoisotopic (exact) mass is 327 g/mol. The quantitative estimate of drug-likeness (QED) is 0.554. The van der Waals surface area contributed by atoms with Crippen molar-refractivity contribution < 1.29 is 9.16 Å². The summed E-state index contributed by atoms with van der Waals surface area (Å²) >= 11 is 0. The Labute approximate surface area is 133 Å². The van der Waals surface area contributed by atoms with Crippen LogP contribution in [0.3, 0.4) is 0 Å². The van der Waals surface area contributed by atoms with Gasteiger partial charge in [0.05, 0.1) is 19.9 Å². The van der Waals surface area contributed by atoms with Gasteiger partial charge < -0.3 is 9.16 Å². The fourth-order valence-corrected chi connectivity index (χ4v) is 5.54. The third kappa shape index (κ3) is 3.79. The molecule has 5 heteroatoms. The molecule has 0 amide bonds. The SMILES string of the molecule is CC(C)(C)[Si](C)(C)O[C@H](C#N)[C@H]1O[C@H]1[Si](C)(C)C(C)(C)C. The number of epoxide rings is 1. The maximum atomic E-state index is 9.53. The summed E-state index contributed by atoms with van der Waals surface area (Å²) in [6.07, 6.45) is -0.435. The number of nitriles is 1. The van der Waals surface area contributed by atoms with Crippen molar-refractivity contribution in [2.75, 3.05) is 0 Å². The van der Waals surface area contributed by atoms with Crippen LogP contribution in [0.2, 0.25) is 36.3 Å². The van der Waals surface area contributed by atoms with Gasteiger partial charge in [0.25, 0.3) is 0 Å². The number of ether oxygens (including phenoxy) is 1. The number of hydrogen-bond acceptors (Lipinski definition) is 3. The lowest BCUT2D eigenvalue weighted by molar-refractivity contribution is 0.188. The van der Waals surface area contributed by atoms with Crippen LogP contribution in [0.25, 0.3) is 0 Å². The lowest BCUT2D eigenvalue weighted by Crippen LogP contribution is -2.48. The van der Waals surface area contributed by atoms with E-state index in [1.54, 1.807) is 0 Å². The summed E-state index contributed by atoms with van der Waals surface area (Å²) in [5.41, 5.74) is 0.243. The summed E-state index contributed by atoms with van der Waals surface area (Å²) in [6.45, 7) is 22.6. The molecule has 1 aliphatic heterocycles. The molecule has 1 saturated heterocycles. The van der Waals surface area contributed by atoms with E-state index in [0.717, 1.165) is 0 Å². The Hall–Kier alpha value is -0.156. The van der Waals surface area contributed by atoms with Crippen LogP contribution in [-0.4, -0.2) is 34.3 Å². The maximum absolute atomic E-state index is 9.53. The third-order valence-electron chi connectivity index (χ3n) is 5.82. The van der Waals surface area contributed by atoms with Crippen molar-refractivity contribution in [3.63, 3.8) is 0 Å². The van der Waals surface area contributed by atoms with Crippen LogP contribution >= 0.6 is 0 Å². The largest absolute Gasteiger partial charge is 0.399 e. The third-order valence-corrected chi connectivity index (χ3v) is 16.0. The van der Waals surface area contributed by atoms with Gasteiger partial charge in [-0.2, -0.15) is 5.26 Å². The highest BCUT2D eigenvalue weighted by atomic mass is 28.4. The van der Waals surface area contributed by atoms with E-state index in [2.05, 4.69) is 73.8 Å². The second-order valence-corrected chi connectivity index (χ2v) is 19.7. The molecule has 0 unspecified atom stereocenters. The van der Waals surface area contributed by atoms with E-state index in [-0.39, 0.29) is 21.9 Å². The second kappa shape index (κ2) is 5.48. The smallest absolute Gasteiger partial charge is 0.193 e. The molecule has 1 fully saturated rings. The minimum Gasteiger partial charge on any atom is -0.399 e. The van der Waals surface area contributed by atoms with Crippen molar-refractivity contribution in [1.82, 2.24) is 0 Å².